The Bertz CT molecular complexity index is 929. The highest BCUT2D eigenvalue weighted by Crippen LogP contribution is 2.35. The van der Waals surface area contributed by atoms with Gasteiger partial charge in [0.15, 0.2) is 4.90 Å². The number of hydrogen-bond donors (Lipinski definition) is 1. The van der Waals surface area contributed by atoms with Crippen LogP contribution < -0.4 is 4.72 Å². The standard InChI is InChI=1S/C19H19F3N4OS/c1-2-3-7-14-13-26(25-23-14)15-8-6-9-16(12-15)28(27)24-18-11-5-4-10-17(18)19(20,21)22/h4-6,8-13,24H,2-3,7H2,1H3. The van der Waals surface area contributed by atoms with Gasteiger partial charge in [0.25, 0.3) is 0 Å². The van der Waals surface area contributed by atoms with Crippen molar-refractivity contribution < 1.29 is 17.7 Å². The van der Waals surface area contributed by atoms with Gasteiger partial charge in [0.2, 0.25) is 0 Å². The van der Waals surface area contributed by atoms with Crippen LogP contribution in [0.15, 0.2) is 59.6 Å². The summed E-state index contributed by atoms with van der Waals surface area (Å²) in [6, 6.07) is 11.6. The number of benzene rings is 2. The molecule has 1 aromatic heterocycles. The molecule has 0 radical (unpaired) electrons. The van der Waals surface area contributed by atoms with Gasteiger partial charge in [-0.2, -0.15) is 13.2 Å². The molecule has 0 aliphatic heterocycles. The fourth-order valence-corrected chi connectivity index (χ4v) is 3.54. The van der Waals surface area contributed by atoms with Crippen molar-refractivity contribution in [2.45, 2.75) is 37.3 Å². The van der Waals surface area contributed by atoms with Crippen molar-refractivity contribution in [3.05, 3.63) is 66.0 Å². The summed E-state index contributed by atoms with van der Waals surface area (Å²) in [5.74, 6) is 0. The Labute approximate surface area is 163 Å². The van der Waals surface area contributed by atoms with E-state index in [4.69, 9.17) is 0 Å². The molecule has 3 aromatic rings. The highest BCUT2D eigenvalue weighted by atomic mass is 32.2. The topological polar surface area (TPSA) is 65.8 Å². The first-order chi connectivity index (χ1) is 13.4. The van der Waals surface area contributed by atoms with Gasteiger partial charge < -0.3 is 4.55 Å². The Kier molecular flexibility index (Phi) is 6.25. The van der Waals surface area contributed by atoms with Crippen molar-refractivity contribution in [1.82, 2.24) is 15.0 Å². The zero-order valence-electron chi connectivity index (χ0n) is 15.1. The van der Waals surface area contributed by atoms with Crippen LogP contribution in [0.5, 0.6) is 0 Å². The highest BCUT2D eigenvalue weighted by molar-refractivity contribution is 7.92. The Balaban J connectivity index is 1.80. The lowest BCUT2D eigenvalue weighted by Gasteiger charge is -2.16. The molecule has 0 bridgehead atoms. The van der Waals surface area contributed by atoms with E-state index in [1.807, 2.05) is 0 Å². The lowest BCUT2D eigenvalue weighted by atomic mass is 10.2. The number of unbranched alkanes of at least 4 members (excludes halogenated alkanes) is 1. The monoisotopic (exact) mass is 408 g/mol. The van der Waals surface area contributed by atoms with Gasteiger partial charge in [-0.15, -0.1) is 5.10 Å². The van der Waals surface area contributed by atoms with Gasteiger partial charge in [0, 0.05) is 6.07 Å². The van der Waals surface area contributed by atoms with E-state index in [1.165, 1.54) is 18.2 Å². The average molecular weight is 408 g/mol. The van der Waals surface area contributed by atoms with Crippen molar-refractivity contribution in [3.8, 4) is 5.69 Å². The second-order valence-corrected chi connectivity index (χ2v) is 7.38. The van der Waals surface area contributed by atoms with Crippen molar-refractivity contribution in [3.63, 3.8) is 0 Å². The number of hydrogen-bond acceptors (Lipinski definition) is 4. The van der Waals surface area contributed by atoms with E-state index in [0.29, 0.717) is 10.6 Å². The summed E-state index contributed by atoms with van der Waals surface area (Å²) < 4.78 is 56.0. The number of para-hydroxylation sites is 1. The van der Waals surface area contributed by atoms with Gasteiger partial charge in [0.1, 0.15) is 11.4 Å². The molecule has 1 heterocycles. The quantitative estimate of drug-likeness (QED) is 0.572. The smallest absolute Gasteiger partial charge is 0.418 e. The van der Waals surface area contributed by atoms with Gasteiger partial charge in [-0.3, -0.25) is 0 Å². The fraction of sp³-hybridized carbons (Fsp3) is 0.263. The number of aryl methyl sites for hydroxylation is 1. The molecular weight excluding hydrogens is 389 g/mol. The number of alkyl halides is 3. The van der Waals surface area contributed by atoms with Crippen molar-refractivity contribution in [2.75, 3.05) is 4.72 Å². The summed E-state index contributed by atoms with van der Waals surface area (Å²) in [6.07, 6.45) is 0.130. The molecule has 28 heavy (non-hydrogen) atoms. The molecule has 0 aliphatic carbocycles. The highest BCUT2D eigenvalue weighted by Gasteiger charge is 2.34. The third-order valence-electron chi connectivity index (χ3n) is 4.06. The fourth-order valence-electron chi connectivity index (χ4n) is 2.62. The van der Waals surface area contributed by atoms with Crippen LogP contribution in [-0.4, -0.2) is 19.5 Å². The maximum absolute atomic E-state index is 13.1. The van der Waals surface area contributed by atoms with Gasteiger partial charge in [-0.1, -0.05) is 36.8 Å². The minimum absolute atomic E-state index is 0.235. The Hall–Kier alpha value is -2.52. The summed E-state index contributed by atoms with van der Waals surface area (Å²) in [4.78, 5) is 0.333. The molecule has 2 aromatic carbocycles. The molecule has 1 atom stereocenters. The number of rotatable bonds is 7. The van der Waals surface area contributed by atoms with Crippen LogP contribution in [0.3, 0.4) is 0 Å². The largest absolute Gasteiger partial charge is 0.588 e. The molecular formula is C19H19F3N4OS. The van der Waals surface area contributed by atoms with Crippen molar-refractivity contribution in [2.24, 2.45) is 0 Å². The molecule has 0 saturated heterocycles. The van der Waals surface area contributed by atoms with E-state index in [2.05, 4.69) is 22.0 Å². The van der Waals surface area contributed by atoms with E-state index in [0.717, 1.165) is 31.0 Å². The Morgan fingerprint density at radius 1 is 1.14 bits per heavy atom. The first kappa shape index (κ1) is 20.2. The maximum atomic E-state index is 13.1. The lowest BCUT2D eigenvalue weighted by molar-refractivity contribution is -0.136. The van der Waals surface area contributed by atoms with Crippen molar-refractivity contribution in [1.29, 1.82) is 0 Å². The lowest BCUT2D eigenvalue weighted by Crippen LogP contribution is -2.17. The average Bonchev–Trinajstić information content (AvgIpc) is 3.15. The molecule has 5 nitrogen and oxygen atoms in total. The number of nitrogens with zero attached hydrogens (tertiary/aromatic N) is 3. The van der Waals surface area contributed by atoms with Crippen LogP contribution in [0.2, 0.25) is 0 Å². The molecule has 0 aliphatic rings. The third kappa shape index (κ3) is 4.85. The molecule has 148 valence electrons. The predicted octanol–water partition coefficient (Wildman–Crippen LogP) is 4.76. The second-order valence-electron chi connectivity index (χ2n) is 6.17. The molecule has 0 amide bonds. The number of nitrogens with one attached hydrogen (secondary N) is 1. The van der Waals surface area contributed by atoms with E-state index < -0.39 is 23.1 Å². The first-order valence-electron chi connectivity index (χ1n) is 8.75. The number of anilines is 1. The van der Waals surface area contributed by atoms with Gasteiger partial charge in [-0.05, 0) is 37.1 Å². The summed E-state index contributed by atoms with van der Waals surface area (Å²) in [6.45, 7) is 2.09. The van der Waals surface area contributed by atoms with E-state index >= 15 is 0 Å². The molecule has 3 rings (SSSR count). The van der Waals surface area contributed by atoms with Crippen LogP contribution in [0.25, 0.3) is 5.69 Å². The van der Waals surface area contributed by atoms with Crippen LogP contribution in [0.1, 0.15) is 31.0 Å². The zero-order chi connectivity index (χ0) is 20.1. The number of halogens is 3. The molecule has 0 spiro atoms. The minimum Gasteiger partial charge on any atom is -0.588 e. The van der Waals surface area contributed by atoms with Gasteiger partial charge in [-0.25, -0.2) is 9.40 Å². The normalized spacial score (nSPS) is 12.8. The SMILES string of the molecule is CCCCc1cn(-c2cccc([S+]([O-])Nc3ccccc3C(F)(F)F)c2)nn1. The molecule has 9 heteroatoms. The zero-order valence-corrected chi connectivity index (χ0v) is 15.9. The van der Waals surface area contributed by atoms with Gasteiger partial charge >= 0.3 is 6.18 Å². The van der Waals surface area contributed by atoms with Crippen LogP contribution >= 0.6 is 0 Å². The third-order valence-corrected chi connectivity index (χ3v) is 5.15. The minimum atomic E-state index is -4.54. The van der Waals surface area contributed by atoms with Gasteiger partial charge in [0.05, 0.1) is 28.8 Å². The summed E-state index contributed by atoms with van der Waals surface area (Å²) in [5.41, 5.74) is 0.385. The maximum Gasteiger partial charge on any atom is 0.418 e. The van der Waals surface area contributed by atoms with E-state index in [-0.39, 0.29) is 5.69 Å². The van der Waals surface area contributed by atoms with Crippen LogP contribution in [0.4, 0.5) is 18.9 Å². The summed E-state index contributed by atoms with van der Waals surface area (Å²) in [7, 11) is 0. The van der Waals surface area contributed by atoms with Crippen LogP contribution in [-0.2, 0) is 24.0 Å². The van der Waals surface area contributed by atoms with Crippen molar-refractivity contribution >= 4 is 17.0 Å². The summed E-state index contributed by atoms with van der Waals surface area (Å²) in [5, 5.41) is 8.18. The predicted molar refractivity (Wildman–Crippen MR) is 101 cm³/mol. The van der Waals surface area contributed by atoms with Crippen LogP contribution in [0, 0.1) is 0 Å². The molecule has 1 N–H and O–H groups in total. The number of aromatic nitrogens is 3. The van der Waals surface area contributed by atoms with E-state index in [1.54, 1.807) is 35.1 Å². The molecule has 0 saturated carbocycles. The molecule has 0 fully saturated rings. The molecule has 1 unspecified atom stereocenters. The first-order valence-corrected chi connectivity index (χ1v) is 9.90. The summed E-state index contributed by atoms with van der Waals surface area (Å²) >= 11 is -1.87. The second kappa shape index (κ2) is 8.66. The Morgan fingerprint density at radius 3 is 2.68 bits per heavy atom. The van der Waals surface area contributed by atoms with E-state index in [9.17, 15) is 17.7 Å². The Morgan fingerprint density at radius 2 is 1.93 bits per heavy atom.